The summed E-state index contributed by atoms with van der Waals surface area (Å²) < 4.78 is 6.74. The number of benzene rings is 1. The number of hydrogen-bond acceptors (Lipinski definition) is 6. The van der Waals surface area contributed by atoms with Gasteiger partial charge in [-0.25, -0.2) is 4.98 Å². The average Bonchev–Trinajstić information content (AvgIpc) is 3.18. The molecule has 1 aliphatic heterocycles. The van der Waals surface area contributed by atoms with Crippen LogP contribution >= 0.6 is 0 Å². The molecule has 0 unspecified atom stereocenters. The van der Waals surface area contributed by atoms with Crippen molar-refractivity contribution in [3.05, 3.63) is 48.2 Å². The van der Waals surface area contributed by atoms with Crippen molar-refractivity contribution in [3.63, 3.8) is 0 Å². The highest BCUT2D eigenvalue weighted by Crippen LogP contribution is 2.21. The number of likely N-dealkylation sites (tertiary alicyclic amines) is 1. The van der Waals surface area contributed by atoms with Gasteiger partial charge in [-0.05, 0) is 50.1 Å². The number of fused-ring (bicyclic) bond motifs is 1. The lowest BCUT2D eigenvalue weighted by atomic mass is 9.97. The van der Waals surface area contributed by atoms with Crippen LogP contribution in [0, 0.1) is 5.92 Å². The number of carbonyl (C=O) groups excluding carboxylic acids is 2. The second-order valence-electron chi connectivity index (χ2n) is 6.74. The number of hydrogen-bond donors (Lipinski definition) is 0. The molecule has 0 bridgehead atoms. The van der Waals surface area contributed by atoms with Crippen LogP contribution in [-0.4, -0.2) is 56.5 Å². The van der Waals surface area contributed by atoms with Gasteiger partial charge in [0.2, 0.25) is 0 Å². The van der Waals surface area contributed by atoms with Gasteiger partial charge in [0.05, 0.1) is 18.2 Å². The summed E-state index contributed by atoms with van der Waals surface area (Å²) in [6.45, 7) is 3.16. The molecule has 1 fully saturated rings. The fraction of sp³-hybridized carbons (Fsp3) is 0.350. The number of rotatable bonds is 4. The Morgan fingerprint density at radius 3 is 3.00 bits per heavy atom. The lowest BCUT2D eigenvalue weighted by Crippen LogP contribution is -2.42. The normalized spacial score (nSPS) is 16.9. The van der Waals surface area contributed by atoms with E-state index in [1.165, 1.54) is 0 Å². The van der Waals surface area contributed by atoms with E-state index < -0.39 is 0 Å². The Kier molecular flexibility index (Phi) is 5.01. The first kappa shape index (κ1) is 18.1. The van der Waals surface area contributed by atoms with Crippen LogP contribution in [0.5, 0.6) is 0 Å². The maximum absolute atomic E-state index is 13.0. The maximum atomic E-state index is 13.0. The van der Waals surface area contributed by atoms with Gasteiger partial charge in [0.15, 0.2) is 5.65 Å². The van der Waals surface area contributed by atoms with Crippen molar-refractivity contribution in [2.24, 2.45) is 5.92 Å². The molecule has 1 aromatic carbocycles. The Bertz CT molecular complexity index is 1020. The van der Waals surface area contributed by atoms with Crippen LogP contribution in [0.25, 0.3) is 16.9 Å². The van der Waals surface area contributed by atoms with Crippen LogP contribution in [0.2, 0.25) is 0 Å². The van der Waals surface area contributed by atoms with Crippen molar-refractivity contribution in [3.8, 4) is 5.69 Å². The lowest BCUT2D eigenvalue weighted by molar-refractivity contribution is -0.149. The van der Waals surface area contributed by atoms with Gasteiger partial charge in [-0.1, -0.05) is 11.3 Å². The Balaban J connectivity index is 1.57. The number of amides is 1. The third kappa shape index (κ3) is 3.45. The summed E-state index contributed by atoms with van der Waals surface area (Å²) in [5.74, 6) is -0.591. The van der Waals surface area contributed by atoms with Gasteiger partial charge >= 0.3 is 5.97 Å². The van der Waals surface area contributed by atoms with Gasteiger partial charge in [-0.15, -0.1) is 5.10 Å². The Hall–Kier alpha value is -3.29. The van der Waals surface area contributed by atoms with Gasteiger partial charge in [0, 0.05) is 24.8 Å². The Morgan fingerprint density at radius 1 is 1.25 bits per heavy atom. The molecule has 1 aliphatic rings. The quantitative estimate of drug-likeness (QED) is 0.646. The molecule has 3 heterocycles. The van der Waals surface area contributed by atoms with E-state index in [0.29, 0.717) is 42.1 Å². The van der Waals surface area contributed by atoms with E-state index in [0.717, 1.165) is 12.8 Å². The first-order chi connectivity index (χ1) is 13.7. The molecule has 4 rings (SSSR count). The number of esters is 1. The van der Waals surface area contributed by atoms with Crippen molar-refractivity contribution in [1.82, 2.24) is 24.9 Å². The molecule has 0 spiro atoms. The SMILES string of the molecule is CCOC(=O)[C@@H]1CCCN(C(=O)c2cccc(-n3nnc4cccnc43)c2)C1. The smallest absolute Gasteiger partial charge is 0.310 e. The summed E-state index contributed by atoms with van der Waals surface area (Å²) >= 11 is 0. The molecule has 1 atom stereocenters. The summed E-state index contributed by atoms with van der Waals surface area (Å²) in [4.78, 5) is 31.1. The molecule has 3 aromatic rings. The number of nitrogens with zero attached hydrogens (tertiary/aromatic N) is 5. The van der Waals surface area contributed by atoms with E-state index >= 15 is 0 Å². The van der Waals surface area contributed by atoms with Gasteiger partial charge in [0.1, 0.15) is 5.52 Å². The fourth-order valence-corrected chi connectivity index (χ4v) is 3.51. The highest BCUT2D eigenvalue weighted by Gasteiger charge is 2.30. The molecule has 1 amide bonds. The topological polar surface area (TPSA) is 90.2 Å². The van der Waals surface area contributed by atoms with Gasteiger partial charge in [-0.3, -0.25) is 9.59 Å². The minimum absolute atomic E-state index is 0.103. The number of pyridine rings is 1. The molecule has 0 radical (unpaired) electrons. The lowest BCUT2D eigenvalue weighted by Gasteiger charge is -2.31. The second kappa shape index (κ2) is 7.75. The van der Waals surface area contributed by atoms with Gasteiger partial charge in [-0.2, -0.15) is 4.68 Å². The first-order valence-corrected chi connectivity index (χ1v) is 9.40. The molecule has 8 nitrogen and oxygen atoms in total. The largest absolute Gasteiger partial charge is 0.466 e. The number of ether oxygens (including phenoxy) is 1. The van der Waals surface area contributed by atoms with Crippen LogP contribution < -0.4 is 0 Å². The first-order valence-electron chi connectivity index (χ1n) is 9.40. The molecular formula is C20H21N5O3. The molecule has 144 valence electrons. The molecule has 0 saturated carbocycles. The average molecular weight is 379 g/mol. The fourth-order valence-electron chi connectivity index (χ4n) is 3.51. The predicted molar refractivity (Wildman–Crippen MR) is 102 cm³/mol. The van der Waals surface area contributed by atoms with E-state index in [1.54, 1.807) is 40.9 Å². The van der Waals surface area contributed by atoms with Crippen LogP contribution in [0.4, 0.5) is 0 Å². The van der Waals surface area contributed by atoms with E-state index in [4.69, 9.17) is 4.74 Å². The molecule has 0 aliphatic carbocycles. The van der Waals surface area contributed by atoms with Gasteiger partial charge in [0.25, 0.3) is 5.91 Å². The van der Waals surface area contributed by atoms with E-state index in [-0.39, 0.29) is 17.8 Å². The second-order valence-corrected chi connectivity index (χ2v) is 6.74. The molecular weight excluding hydrogens is 358 g/mol. The summed E-state index contributed by atoms with van der Waals surface area (Å²) in [7, 11) is 0. The Labute approximate surface area is 162 Å². The molecule has 0 N–H and O–H groups in total. The summed E-state index contributed by atoms with van der Waals surface area (Å²) in [5, 5.41) is 8.26. The van der Waals surface area contributed by atoms with E-state index in [2.05, 4.69) is 15.3 Å². The molecule has 8 heteroatoms. The highest BCUT2D eigenvalue weighted by molar-refractivity contribution is 5.95. The third-order valence-corrected chi connectivity index (χ3v) is 4.87. The van der Waals surface area contributed by atoms with Crippen molar-refractivity contribution in [2.45, 2.75) is 19.8 Å². The zero-order valence-electron chi connectivity index (χ0n) is 15.6. The highest BCUT2D eigenvalue weighted by atomic mass is 16.5. The monoisotopic (exact) mass is 379 g/mol. The van der Waals surface area contributed by atoms with Crippen molar-refractivity contribution >= 4 is 23.0 Å². The van der Waals surface area contributed by atoms with Crippen LogP contribution in [0.3, 0.4) is 0 Å². The van der Waals surface area contributed by atoms with Crippen molar-refractivity contribution in [1.29, 1.82) is 0 Å². The van der Waals surface area contributed by atoms with Crippen LogP contribution in [0.1, 0.15) is 30.1 Å². The van der Waals surface area contributed by atoms with Crippen LogP contribution in [0.15, 0.2) is 42.6 Å². The summed E-state index contributed by atoms with van der Waals surface area (Å²) in [5.41, 5.74) is 2.58. The summed E-state index contributed by atoms with van der Waals surface area (Å²) in [6.07, 6.45) is 3.21. The van der Waals surface area contributed by atoms with Crippen LogP contribution in [-0.2, 0) is 9.53 Å². The number of piperidine rings is 1. The van der Waals surface area contributed by atoms with E-state index in [1.807, 2.05) is 18.2 Å². The molecule has 2 aromatic heterocycles. The minimum Gasteiger partial charge on any atom is -0.466 e. The number of carbonyl (C=O) groups is 2. The zero-order valence-corrected chi connectivity index (χ0v) is 15.6. The molecule has 1 saturated heterocycles. The third-order valence-electron chi connectivity index (χ3n) is 4.87. The predicted octanol–water partition coefficient (Wildman–Crippen LogP) is 2.23. The molecule has 28 heavy (non-hydrogen) atoms. The minimum atomic E-state index is -0.260. The van der Waals surface area contributed by atoms with Gasteiger partial charge < -0.3 is 9.64 Å². The van der Waals surface area contributed by atoms with Crippen molar-refractivity contribution < 1.29 is 14.3 Å². The number of aromatic nitrogens is 4. The maximum Gasteiger partial charge on any atom is 0.310 e. The zero-order chi connectivity index (χ0) is 19.5. The van der Waals surface area contributed by atoms with Crippen molar-refractivity contribution in [2.75, 3.05) is 19.7 Å². The van der Waals surface area contributed by atoms with E-state index in [9.17, 15) is 9.59 Å². The standard InChI is InChI=1S/C20H21N5O3/c1-2-28-20(27)15-7-5-11-24(13-15)19(26)14-6-3-8-16(12-14)25-18-17(22-23-25)9-4-10-21-18/h3-4,6,8-10,12,15H,2,5,7,11,13H2,1H3/t15-/m1/s1. The Morgan fingerprint density at radius 2 is 2.14 bits per heavy atom. The summed E-state index contributed by atoms with van der Waals surface area (Å²) in [6, 6.07) is 10.9.